The lowest BCUT2D eigenvalue weighted by atomic mass is 9.97. The quantitative estimate of drug-likeness (QED) is 0.914. The molecule has 0 aromatic heterocycles. The number of hydrogen-bond acceptors (Lipinski definition) is 3. The van der Waals surface area contributed by atoms with Crippen LogP contribution in [0.1, 0.15) is 31.2 Å². The minimum Gasteiger partial charge on any atom is -0.497 e. The first-order valence-corrected chi connectivity index (χ1v) is 7.25. The lowest BCUT2D eigenvalue weighted by Crippen LogP contribution is -2.48. The van der Waals surface area contributed by atoms with Gasteiger partial charge in [0.1, 0.15) is 5.75 Å². The third-order valence-electron chi connectivity index (χ3n) is 4.11. The van der Waals surface area contributed by atoms with E-state index >= 15 is 0 Å². The van der Waals surface area contributed by atoms with E-state index in [2.05, 4.69) is 5.32 Å². The van der Waals surface area contributed by atoms with Crippen molar-refractivity contribution in [2.45, 2.75) is 31.7 Å². The van der Waals surface area contributed by atoms with Gasteiger partial charge >= 0.3 is 0 Å². The Morgan fingerprint density at radius 3 is 3.00 bits per heavy atom. The number of carbonyl (C=O) groups excluding carboxylic acids is 1. The molecule has 4 nitrogen and oxygen atoms in total. The van der Waals surface area contributed by atoms with Crippen LogP contribution in [0.4, 0.5) is 0 Å². The highest BCUT2D eigenvalue weighted by Gasteiger charge is 2.26. The minimum atomic E-state index is -0.124. The number of likely N-dealkylation sites (N-methyl/N-ethyl adjacent to an activating group) is 1. The predicted molar refractivity (Wildman–Crippen MR) is 80.1 cm³/mol. The van der Waals surface area contributed by atoms with Crippen LogP contribution in [0.2, 0.25) is 0 Å². The Bertz CT molecular complexity index is 462. The molecule has 20 heavy (non-hydrogen) atoms. The van der Waals surface area contributed by atoms with Crippen molar-refractivity contribution >= 4 is 5.91 Å². The summed E-state index contributed by atoms with van der Waals surface area (Å²) in [5.74, 6) is 0.882. The van der Waals surface area contributed by atoms with Crippen molar-refractivity contribution in [2.75, 3.05) is 27.2 Å². The molecule has 2 atom stereocenters. The summed E-state index contributed by atoms with van der Waals surface area (Å²) in [6.07, 6.45) is 2.22. The maximum Gasteiger partial charge on any atom is 0.229 e. The Morgan fingerprint density at radius 1 is 1.50 bits per heavy atom. The van der Waals surface area contributed by atoms with Gasteiger partial charge in [-0.15, -0.1) is 0 Å². The van der Waals surface area contributed by atoms with Crippen molar-refractivity contribution in [3.8, 4) is 5.75 Å². The van der Waals surface area contributed by atoms with Gasteiger partial charge in [0.15, 0.2) is 0 Å². The van der Waals surface area contributed by atoms with Crippen molar-refractivity contribution < 1.29 is 9.53 Å². The standard InChI is InChI=1S/C16H24N2O2/c1-12(13-6-4-8-15(10-13)20-3)16(19)18-9-5-7-14(11-18)17-2/h4,6,8,10,12,14,17H,5,7,9,11H2,1-3H3. The first kappa shape index (κ1) is 14.9. The number of hydrogen-bond donors (Lipinski definition) is 1. The molecule has 1 fully saturated rings. The maximum atomic E-state index is 12.6. The van der Waals surface area contributed by atoms with E-state index in [1.807, 2.05) is 43.1 Å². The second-order valence-corrected chi connectivity index (χ2v) is 5.41. The molecule has 1 aliphatic rings. The molecule has 110 valence electrons. The number of rotatable bonds is 4. The zero-order valence-corrected chi connectivity index (χ0v) is 12.6. The fourth-order valence-electron chi connectivity index (χ4n) is 2.74. The molecule has 2 rings (SSSR count). The van der Waals surface area contributed by atoms with Crippen molar-refractivity contribution in [2.24, 2.45) is 0 Å². The number of methoxy groups -OCH3 is 1. The van der Waals surface area contributed by atoms with Gasteiger partial charge in [0.25, 0.3) is 0 Å². The second-order valence-electron chi connectivity index (χ2n) is 5.41. The van der Waals surface area contributed by atoms with Crippen LogP contribution in [0.25, 0.3) is 0 Å². The highest BCUT2D eigenvalue weighted by Crippen LogP contribution is 2.24. The second kappa shape index (κ2) is 6.75. The first-order valence-electron chi connectivity index (χ1n) is 7.25. The van der Waals surface area contributed by atoms with Crippen LogP contribution in [0.15, 0.2) is 24.3 Å². The van der Waals surface area contributed by atoms with Crippen LogP contribution >= 0.6 is 0 Å². The molecule has 4 heteroatoms. The Morgan fingerprint density at radius 2 is 2.30 bits per heavy atom. The van der Waals surface area contributed by atoms with Crippen LogP contribution in [-0.4, -0.2) is 44.1 Å². The molecule has 1 aromatic carbocycles. The summed E-state index contributed by atoms with van der Waals surface area (Å²) >= 11 is 0. The molecule has 1 amide bonds. The molecule has 2 unspecified atom stereocenters. The van der Waals surface area contributed by atoms with E-state index in [1.54, 1.807) is 7.11 Å². The van der Waals surface area contributed by atoms with Crippen LogP contribution < -0.4 is 10.1 Å². The van der Waals surface area contributed by atoms with Gasteiger partial charge in [0.2, 0.25) is 5.91 Å². The van der Waals surface area contributed by atoms with Crippen molar-refractivity contribution in [3.05, 3.63) is 29.8 Å². The molecule has 1 saturated heterocycles. The molecule has 1 aliphatic heterocycles. The fraction of sp³-hybridized carbons (Fsp3) is 0.562. The van der Waals surface area contributed by atoms with Gasteiger partial charge in [-0.1, -0.05) is 12.1 Å². The Kier molecular flexibility index (Phi) is 5.01. The van der Waals surface area contributed by atoms with E-state index < -0.39 is 0 Å². The molecule has 0 aliphatic carbocycles. The molecular weight excluding hydrogens is 252 g/mol. The van der Waals surface area contributed by atoms with Crippen LogP contribution in [0.3, 0.4) is 0 Å². The van der Waals surface area contributed by atoms with E-state index in [4.69, 9.17) is 4.74 Å². The Balaban J connectivity index is 2.07. The van der Waals surface area contributed by atoms with Gasteiger partial charge in [0, 0.05) is 19.1 Å². The van der Waals surface area contributed by atoms with Gasteiger partial charge in [-0.3, -0.25) is 4.79 Å². The van der Waals surface area contributed by atoms with Crippen LogP contribution in [-0.2, 0) is 4.79 Å². The normalized spacial score (nSPS) is 20.6. The third-order valence-corrected chi connectivity index (χ3v) is 4.11. The van der Waals surface area contributed by atoms with Crippen molar-refractivity contribution in [1.82, 2.24) is 10.2 Å². The lowest BCUT2D eigenvalue weighted by Gasteiger charge is -2.34. The van der Waals surface area contributed by atoms with E-state index in [1.165, 1.54) is 0 Å². The van der Waals surface area contributed by atoms with E-state index in [0.717, 1.165) is 37.2 Å². The number of amides is 1. The number of carbonyl (C=O) groups is 1. The zero-order valence-electron chi connectivity index (χ0n) is 12.6. The van der Waals surface area contributed by atoms with Crippen molar-refractivity contribution in [3.63, 3.8) is 0 Å². The fourth-order valence-corrected chi connectivity index (χ4v) is 2.74. The molecule has 0 saturated carbocycles. The summed E-state index contributed by atoms with van der Waals surface area (Å²) in [5.41, 5.74) is 1.01. The van der Waals surface area contributed by atoms with Gasteiger partial charge in [0.05, 0.1) is 13.0 Å². The highest BCUT2D eigenvalue weighted by atomic mass is 16.5. The Hall–Kier alpha value is -1.55. The summed E-state index contributed by atoms with van der Waals surface area (Å²) < 4.78 is 5.23. The summed E-state index contributed by atoms with van der Waals surface area (Å²) in [4.78, 5) is 14.6. The highest BCUT2D eigenvalue weighted by molar-refractivity contribution is 5.83. The SMILES string of the molecule is CNC1CCCN(C(=O)C(C)c2cccc(OC)c2)C1. The van der Waals surface area contributed by atoms with Gasteiger partial charge < -0.3 is 15.0 Å². The summed E-state index contributed by atoms with van der Waals surface area (Å²) in [7, 11) is 3.61. The monoisotopic (exact) mass is 276 g/mol. The number of ether oxygens (including phenoxy) is 1. The number of benzene rings is 1. The minimum absolute atomic E-state index is 0.124. The summed E-state index contributed by atoms with van der Waals surface area (Å²) in [6, 6.07) is 8.20. The molecule has 1 heterocycles. The topological polar surface area (TPSA) is 41.6 Å². The predicted octanol–water partition coefficient (Wildman–Crippen LogP) is 2.01. The number of nitrogens with zero attached hydrogens (tertiary/aromatic N) is 1. The summed E-state index contributed by atoms with van der Waals surface area (Å²) in [5, 5.41) is 3.27. The molecule has 1 aromatic rings. The maximum absolute atomic E-state index is 12.6. The van der Waals surface area contributed by atoms with Gasteiger partial charge in [-0.25, -0.2) is 0 Å². The molecule has 0 spiro atoms. The number of piperidine rings is 1. The van der Waals surface area contributed by atoms with Crippen molar-refractivity contribution in [1.29, 1.82) is 0 Å². The smallest absolute Gasteiger partial charge is 0.229 e. The Labute approximate surface area is 121 Å². The largest absolute Gasteiger partial charge is 0.497 e. The average molecular weight is 276 g/mol. The van der Waals surface area contributed by atoms with E-state index in [-0.39, 0.29) is 11.8 Å². The van der Waals surface area contributed by atoms with Crippen LogP contribution in [0, 0.1) is 0 Å². The lowest BCUT2D eigenvalue weighted by molar-refractivity contribution is -0.133. The van der Waals surface area contributed by atoms with E-state index in [0.29, 0.717) is 6.04 Å². The molecule has 1 N–H and O–H groups in total. The molecule has 0 radical (unpaired) electrons. The average Bonchev–Trinajstić information content (AvgIpc) is 2.53. The number of likely N-dealkylation sites (tertiary alicyclic amines) is 1. The van der Waals surface area contributed by atoms with Gasteiger partial charge in [-0.05, 0) is 44.5 Å². The zero-order chi connectivity index (χ0) is 14.5. The number of nitrogens with one attached hydrogen (secondary N) is 1. The summed E-state index contributed by atoms with van der Waals surface area (Å²) in [6.45, 7) is 3.65. The van der Waals surface area contributed by atoms with E-state index in [9.17, 15) is 4.79 Å². The third kappa shape index (κ3) is 3.31. The van der Waals surface area contributed by atoms with Crippen LogP contribution in [0.5, 0.6) is 5.75 Å². The first-order chi connectivity index (χ1) is 9.65. The molecular formula is C16H24N2O2. The van der Waals surface area contributed by atoms with Gasteiger partial charge in [-0.2, -0.15) is 0 Å². The molecule has 0 bridgehead atoms.